The number of rotatable bonds is 10. The first kappa shape index (κ1) is 29.2. The topological polar surface area (TPSA) is 83.7 Å². The van der Waals surface area contributed by atoms with Crippen LogP contribution in [0.3, 0.4) is 0 Å². The molecule has 2 amide bonds. The summed E-state index contributed by atoms with van der Waals surface area (Å²) in [5.41, 5.74) is 3.85. The van der Waals surface area contributed by atoms with Gasteiger partial charge in [-0.1, -0.05) is 62.4 Å². The number of fused-ring (bicyclic) bond motifs is 1. The van der Waals surface area contributed by atoms with Gasteiger partial charge in [0, 0.05) is 35.6 Å². The summed E-state index contributed by atoms with van der Waals surface area (Å²) in [6.07, 6.45) is 0.353. The summed E-state index contributed by atoms with van der Waals surface area (Å²) < 4.78 is 10.8. The normalized spacial score (nSPS) is 17.5. The third-order valence-corrected chi connectivity index (χ3v) is 9.07. The first-order chi connectivity index (χ1) is 20.0. The highest BCUT2D eigenvalue weighted by molar-refractivity contribution is 6.01. The summed E-state index contributed by atoms with van der Waals surface area (Å²) in [7, 11) is 3.12. The first-order valence-corrected chi connectivity index (χ1v) is 14.4. The van der Waals surface area contributed by atoms with Crippen molar-refractivity contribution < 1.29 is 19.1 Å². The van der Waals surface area contributed by atoms with E-state index in [0.29, 0.717) is 30.2 Å². The van der Waals surface area contributed by atoms with E-state index >= 15 is 0 Å². The van der Waals surface area contributed by atoms with Crippen LogP contribution in [0, 0.1) is 18.3 Å². The highest BCUT2D eigenvalue weighted by Gasteiger charge is 2.60. The number of benzene rings is 3. The number of amides is 2. The Bertz CT molecular complexity index is 1610. The van der Waals surface area contributed by atoms with Crippen molar-refractivity contribution in [2.45, 2.75) is 59.0 Å². The summed E-state index contributed by atoms with van der Waals surface area (Å²) in [5.74, 6) is 1.17. The second-order valence-corrected chi connectivity index (χ2v) is 12.4. The van der Waals surface area contributed by atoms with Crippen LogP contribution in [0.2, 0.25) is 0 Å². The van der Waals surface area contributed by atoms with E-state index < -0.39 is 5.54 Å². The zero-order chi connectivity index (χ0) is 30.2. The van der Waals surface area contributed by atoms with E-state index in [-0.39, 0.29) is 29.1 Å². The van der Waals surface area contributed by atoms with Crippen LogP contribution in [-0.4, -0.2) is 41.5 Å². The number of aryl methyl sites for hydroxylation is 1. The van der Waals surface area contributed by atoms with Gasteiger partial charge in [0.15, 0.2) is 0 Å². The molecule has 4 aromatic rings. The molecule has 1 aromatic heterocycles. The van der Waals surface area contributed by atoms with Gasteiger partial charge >= 0.3 is 0 Å². The van der Waals surface area contributed by atoms with Crippen molar-refractivity contribution in [3.8, 4) is 11.5 Å². The van der Waals surface area contributed by atoms with E-state index in [2.05, 4.69) is 49.3 Å². The molecule has 5 rings (SSSR count). The Labute approximate surface area is 248 Å². The fourth-order valence-electron chi connectivity index (χ4n) is 6.36. The molecule has 3 aromatic carbocycles. The molecule has 0 saturated heterocycles. The van der Waals surface area contributed by atoms with E-state index in [9.17, 15) is 9.59 Å². The number of carbonyl (C=O) groups is 2. The molecule has 7 nitrogen and oxygen atoms in total. The number of aromatic nitrogens is 1. The summed E-state index contributed by atoms with van der Waals surface area (Å²) in [6, 6.07) is 23.4. The lowest BCUT2D eigenvalue weighted by Gasteiger charge is -2.38. The van der Waals surface area contributed by atoms with Crippen LogP contribution in [-0.2, 0) is 16.1 Å². The van der Waals surface area contributed by atoms with Gasteiger partial charge in [0.25, 0.3) is 0 Å². The van der Waals surface area contributed by atoms with Crippen molar-refractivity contribution in [2.24, 2.45) is 11.3 Å². The molecule has 2 N–H and O–H groups in total. The maximum atomic E-state index is 14.3. The number of carbonyl (C=O) groups excluding carboxylic acids is 2. The van der Waals surface area contributed by atoms with Crippen LogP contribution in [0.15, 0.2) is 72.8 Å². The average molecular weight is 568 g/mol. The summed E-state index contributed by atoms with van der Waals surface area (Å²) in [6.45, 7) is 10.5. The molecule has 0 aliphatic heterocycles. The number of nitrogens with zero attached hydrogens (tertiary/aromatic N) is 1. The zero-order valence-electron chi connectivity index (χ0n) is 25.6. The minimum atomic E-state index is -1.15. The molecule has 1 aliphatic rings. The molecule has 1 fully saturated rings. The Balaban J connectivity index is 1.42. The number of nitrogens with one attached hydrogen (secondary N) is 2. The number of ether oxygens (including phenoxy) is 2. The first-order valence-electron chi connectivity index (χ1n) is 14.4. The van der Waals surface area contributed by atoms with Gasteiger partial charge in [-0.05, 0) is 67.3 Å². The van der Waals surface area contributed by atoms with Gasteiger partial charge in [0.1, 0.15) is 17.0 Å². The molecule has 0 spiro atoms. The van der Waals surface area contributed by atoms with Gasteiger partial charge in [-0.2, -0.15) is 0 Å². The lowest BCUT2D eigenvalue weighted by molar-refractivity contribution is -0.145. The number of anilines is 1. The Morgan fingerprint density at radius 1 is 0.976 bits per heavy atom. The van der Waals surface area contributed by atoms with Crippen LogP contribution < -0.4 is 14.8 Å². The molecule has 7 heteroatoms. The van der Waals surface area contributed by atoms with Gasteiger partial charge in [-0.15, -0.1) is 0 Å². The molecular weight excluding hydrogens is 526 g/mol. The molecule has 2 atom stereocenters. The molecule has 0 bridgehead atoms. The third kappa shape index (κ3) is 5.36. The van der Waals surface area contributed by atoms with Gasteiger partial charge < -0.3 is 24.7 Å². The monoisotopic (exact) mass is 567 g/mol. The van der Waals surface area contributed by atoms with E-state index in [1.54, 1.807) is 51.2 Å². The number of H-pyrrole nitrogens is 1. The molecular formula is C35H41N3O4. The lowest BCUT2D eigenvalue weighted by atomic mass is 9.97. The molecule has 0 radical (unpaired) electrons. The Hall–Kier alpha value is -4.26. The van der Waals surface area contributed by atoms with Gasteiger partial charge in [-0.3, -0.25) is 9.59 Å². The largest absolute Gasteiger partial charge is 0.497 e. The molecule has 1 heterocycles. The molecule has 220 valence electrons. The van der Waals surface area contributed by atoms with Crippen molar-refractivity contribution in [1.82, 2.24) is 9.88 Å². The summed E-state index contributed by atoms with van der Waals surface area (Å²) in [4.78, 5) is 33.4. The number of aromatic amines is 1. The second kappa shape index (κ2) is 11.2. The van der Waals surface area contributed by atoms with Gasteiger partial charge in [0.05, 0.1) is 19.9 Å². The standard InChI is InChI=1S/C35H41N3O4/c1-22-31(25-15-11-12-16-27(25)36-22)32-26(34(32,2)3)20-30(39)38(21-23-13-9-8-10-14-23)35(4,5)33(40)37-28-18-17-24(41-6)19-29(28)42-7/h8-19,26,32,36H,20-21H2,1-7H3,(H,37,40). The average Bonchev–Trinajstić information content (AvgIpc) is 3.32. The highest BCUT2D eigenvalue weighted by atomic mass is 16.5. The quantitative estimate of drug-likeness (QED) is 0.215. The Kier molecular flexibility index (Phi) is 7.80. The third-order valence-electron chi connectivity index (χ3n) is 9.07. The highest BCUT2D eigenvalue weighted by Crippen LogP contribution is 2.67. The van der Waals surface area contributed by atoms with E-state index in [1.807, 2.05) is 36.4 Å². The maximum Gasteiger partial charge on any atom is 0.249 e. The summed E-state index contributed by atoms with van der Waals surface area (Å²) >= 11 is 0. The van der Waals surface area contributed by atoms with Crippen LogP contribution in [0.5, 0.6) is 11.5 Å². The molecule has 1 saturated carbocycles. The van der Waals surface area contributed by atoms with Crippen molar-refractivity contribution in [3.63, 3.8) is 0 Å². The van der Waals surface area contributed by atoms with E-state index in [0.717, 1.165) is 16.8 Å². The predicted octanol–water partition coefficient (Wildman–Crippen LogP) is 7.07. The van der Waals surface area contributed by atoms with Gasteiger partial charge in [-0.25, -0.2) is 0 Å². The smallest absolute Gasteiger partial charge is 0.249 e. The SMILES string of the molecule is COc1ccc(NC(=O)C(C)(C)N(Cc2ccccc2)C(=O)CC2C(c3c(C)[nH]c4ccccc34)C2(C)C)c(OC)c1. The number of para-hydroxylation sites is 1. The van der Waals surface area contributed by atoms with Crippen LogP contribution >= 0.6 is 0 Å². The van der Waals surface area contributed by atoms with E-state index in [4.69, 9.17) is 9.47 Å². The van der Waals surface area contributed by atoms with Crippen LogP contribution in [0.1, 0.15) is 56.9 Å². The minimum Gasteiger partial charge on any atom is -0.497 e. The summed E-state index contributed by atoms with van der Waals surface area (Å²) in [5, 5.41) is 4.22. The predicted molar refractivity (Wildman–Crippen MR) is 167 cm³/mol. The van der Waals surface area contributed by atoms with Crippen molar-refractivity contribution in [3.05, 3.63) is 89.6 Å². The molecule has 42 heavy (non-hydrogen) atoms. The van der Waals surface area contributed by atoms with Crippen LogP contribution in [0.25, 0.3) is 10.9 Å². The maximum absolute atomic E-state index is 14.3. The number of hydrogen-bond acceptors (Lipinski definition) is 4. The fourth-order valence-corrected chi connectivity index (χ4v) is 6.36. The Morgan fingerprint density at radius 2 is 1.67 bits per heavy atom. The fraction of sp³-hybridized carbons (Fsp3) is 0.371. The van der Waals surface area contributed by atoms with Crippen molar-refractivity contribution in [1.29, 1.82) is 0 Å². The number of hydrogen-bond donors (Lipinski definition) is 2. The minimum absolute atomic E-state index is 0.0428. The Morgan fingerprint density at radius 3 is 2.36 bits per heavy atom. The zero-order valence-corrected chi connectivity index (χ0v) is 25.6. The molecule has 1 aliphatic carbocycles. The van der Waals surface area contributed by atoms with Crippen LogP contribution in [0.4, 0.5) is 5.69 Å². The van der Waals surface area contributed by atoms with Crippen molar-refractivity contribution in [2.75, 3.05) is 19.5 Å². The molecule has 2 unspecified atom stereocenters. The van der Waals surface area contributed by atoms with E-state index in [1.165, 1.54) is 10.9 Å². The van der Waals surface area contributed by atoms with Crippen molar-refractivity contribution >= 4 is 28.4 Å². The van der Waals surface area contributed by atoms with Gasteiger partial charge in [0.2, 0.25) is 11.8 Å². The number of methoxy groups -OCH3 is 2. The lowest BCUT2D eigenvalue weighted by Crippen LogP contribution is -2.54. The second-order valence-electron chi connectivity index (χ2n) is 12.4.